The lowest BCUT2D eigenvalue weighted by Crippen LogP contribution is -2.55. The van der Waals surface area contributed by atoms with Crippen LogP contribution < -0.4 is 10.6 Å². The maximum atomic E-state index is 14.7. The van der Waals surface area contributed by atoms with Gasteiger partial charge in [-0.25, -0.2) is 4.79 Å². The molecule has 2 N–H and O–H groups in total. The molecule has 4 unspecified atom stereocenters. The van der Waals surface area contributed by atoms with E-state index in [0.717, 1.165) is 26.4 Å². The highest BCUT2D eigenvalue weighted by atomic mass is 32.1. The second-order valence-corrected chi connectivity index (χ2v) is 13.3. The van der Waals surface area contributed by atoms with E-state index >= 15 is 0 Å². The number of carbonyl (C=O) groups is 3. The number of likely N-dealkylation sites (tertiary alicyclic amines) is 1. The summed E-state index contributed by atoms with van der Waals surface area (Å²) < 4.78 is 5.90. The SMILES string of the molecule is Cc1cccc(NC(=O)N2C(C(=O)N3CCNCC3)C(c3sccc3C)C(C(=O)c3ccc(C)o3)C2c2sccc2C)c1. The number of piperazine rings is 1. The molecule has 0 radical (unpaired) electrons. The monoisotopic (exact) mass is 616 g/mol. The van der Waals surface area contributed by atoms with E-state index in [0.29, 0.717) is 37.6 Å². The number of nitrogens with zero attached hydrogens (tertiary/aromatic N) is 2. The number of rotatable bonds is 6. The quantitative estimate of drug-likeness (QED) is 0.248. The van der Waals surface area contributed by atoms with Gasteiger partial charge in [-0.15, -0.1) is 22.7 Å². The molecule has 2 aliphatic heterocycles. The molecule has 4 aromatic rings. The molecule has 2 aliphatic rings. The summed E-state index contributed by atoms with van der Waals surface area (Å²) in [7, 11) is 0. The van der Waals surface area contributed by atoms with Gasteiger partial charge in [0.25, 0.3) is 0 Å². The third kappa shape index (κ3) is 5.55. The van der Waals surface area contributed by atoms with E-state index in [1.165, 1.54) is 22.7 Å². The first-order valence-electron chi connectivity index (χ1n) is 14.6. The maximum absolute atomic E-state index is 14.7. The predicted molar refractivity (Wildman–Crippen MR) is 170 cm³/mol. The van der Waals surface area contributed by atoms with Crippen LogP contribution >= 0.6 is 22.7 Å². The fourth-order valence-electron chi connectivity index (χ4n) is 6.47. The van der Waals surface area contributed by atoms with Crippen molar-refractivity contribution in [2.75, 3.05) is 31.5 Å². The van der Waals surface area contributed by atoms with Crippen LogP contribution in [0.25, 0.3) is 0 Å². The molecular weight excluding hydrogens is 581 g/mol. The predicted octanol–water partition coefficient (Wildman–Crippen LogP) is 6.31. The molecule has 4 atom stereocenters. The number of hydrogen-bond donors (Lipinski definition) is 2. The normalized spacial score (nSPS) is 22.1. The molecule has 6 rings (SSSR count). The van der Waals surface area contributed by atoms with Crippen LogP contribution in [0.2, 0.25) is 0 Å². The van der Waals surface area contributed by atoms with E-state index in [2.05, 4.69) is 10.6 Å². The number of nitrogens with one attached hydrogen (secondary N) is 2. The van der Waals surface area contributed by atoms with Crippen LogP contribution in [0.3, 0.4) is 0 Å². The Kier molecular flexibility index (Phi) is 8.26. The van der Waals surface area contributed by atoms with E-state index < -0.39 is 30.0 Å². The zero-order chi connectivity index (χ0) is 30.2. The van der Waals surface area contributed by atoms with Crippen molar-refractivity contribution in [3.63, 3.8) is 0 Å². The molecule has 43 heavy (non-hydrogen) atoms. The minimum atomic E-state index is -0.892. The van der Waals surface area contributed by atoms with Gasteiger partial charge in [-0.1, -0.05) is 12.1 Å². The van der Waals surface area contributed by atoms with Crippen molar-refractivity contribution in [3.05, 3.63) is 97.3 Å². The molecule has 3 aromatic heterocycles. The number of anilines is 1. The molecule has 0 saturated carbocycles. The Morgan fingerprint density at radius 2 is 1.60 bits per heavy atom. The third-order valence-electron chi connectivity index (χ3n) is 8.51. The van der Waals surface area contributed by atoms with E-state index in [4.69, 9.17) is 4.42 Å². The van der Waals surface area contributed by atoms with Crippen molar-refractivity contribution in [1.29, 1.82) is 0 Å². The Morgan fingerprint density at radius 3 is 2.21 bits per heavy atom. The van der Waals surface area contributed by atoms with Crippen molar-refractivity contribution in [1.82, 2.24) is 15.1 Å². The summed E-state index contributed by atoms with van der Waals surface area (Å²) in [6.07, 6.45) is 0. The molecule has 224 valence electrons. The minimum Gasteiger partial charge on any atom is -0.458 e. The average molecular weight is 617 g/mol. The van der Waals surface area contributed by atoms with Crippen LogP contribution in [-0.4, -0.2) is 59.7 Å². The Labute approximate surface area is 259 Å². The molecule has 3 amide bonds. The Bertz CT molecular complexity index is 1650. The fraction of sp³-hybridized carbons (Fsp3) is 0.364. The Balaban J connectivity index is 1.56. The van der Waals surface area contributed by atoms with Crippen molar-refractivity contribution < 1.29 is 18.8 Å². The summed E-state index contributed by atoms with van der Waals surface area (Å²) in [5.74, 6) is -0.751. The first-order chi connectivity index (χ1) is 20.7. The van der Waals surface area contributed by atoms with Gasteiger partial charge in [0.15, 0.2) is 5.76 Å². The molecule has 1 aromatic carbocycles. The largest absolute Gasteiger partial charge is 0.458 e. The van der Waals surface area contributed by atoms with E-state index in [-0.39, 0.29) is 17.5 Å². The van der Waals surface area contributed by atoms with Crippen LogP contribution in [0, 0.1) is 33.6 Å². The van der Waals surface area contributed by atoms with E-state index in [1.807, 2.05) is 79.8 Å². The number of urea groups is 1. The number of thiophene rings is 2. The van der Waals surface area contributed by atoms with Crippen LogP contribution in [0.4, 0.5) is 10.5 Å². The molecule has 2 fully saturated rings. The number of carbonyl (C=O) groups excluding carboxylic acids is 3. The summed E-state index contributed by atoms with van der Waals surface area (Å²) in [4.78, 5) is 49.2. The first kappa shape index (κ1) is 29.3. The maximum Gasteiger partial charge on any atom is 0.323 e. The van der Waals surface area contributed by atoms with E-state index in [1.54, 1.807) is 17.0 Å². The lowest BCUT2D eigenvalue weighted by molar-refractivity contribution is -0.136. The summed E-state index contributed by atoms with van der Waals surface area (Å²) >= 11 is 3.05. The average Bonchev–Trinajstić information content (AvgIpc) is 3.78. The van der Waals surface area contributed by atoms with Gasteiger partial charge in [-0.2, -0.15) is 0 Å². The van der Waals surface area contributed by atoms with Crippen LogP contribution in [0.1, 0.15) is 54.7 Å². The van der Waals surface area contributed by atoms with Crippen molar-refractivity contribution in [2.24, 2.45) is 5.92 Å². The van der Waals surface area contributed by atoms with Gasteiger partial charge in [-0.05, 0) is 91.5 Å². The van der Waals surface area contributed by atoms with Gasteiger partial charge in [0.2, 0.25) is 11.7 Å². The molecule has 8 nitrogen and oxygen atoms in total. The standard InChI is InChI=1S/C33H36N4O4S2/c1-19-6-5-7-23(18-19)35-33(40)37-27(31-21(3)11-17-43-31)25(29(38)24-9-8-22(4)41-24)26(30-20(2)10-16-42-30)28(37)32(39)36-14-12-34-13-15-36/h5-11,16-18,25-28,34H,12-15H2,1-4H3,(H,35,40). The highest BCUT2D eigenvalue weighted by molar-refractivity contribution is 7.10. The summed E-state index contributed by atoms with van der Waals surface area (Å²) in [6.45, 7) is 10.2. The fourth-order valence-corrected chi connectivity index (χ4v) is 8.64. The second kappa shape index (κ2) is 12.1. The zero-order valence-corrected chi connectivity index (χ0v) is 26.4. The lowest BCUT2D eigenvalue weighted by atomic mass is 9.80. The van der Waals surface area contributed by atoms with Gasteiger partial charge >= 0.3 is 6.03 Å². The first-order valence-corrected chi connectivity index (χ1v) is 16.3. The summed E-state index contributed by atoms with van der Waals surface area (Å²) in [5, 5.41) is 10.4. The summed E-state index contributed by atoms with van der Waals surface area (Å²) in [6, 6.07) is 13.2. The molecule has 5 heterocycles. The second-order valence-electron chi connectivity index (χ2n) is 11.4. The number of amides is 3. The Hall–Kier alpha value is -3.73. The number of aryl methyl sites for hydroxylation is 4. The summed E-state index contributed by atoms with van der Waals surface area (Å²) in [5.41, 5.74) is 3.63. The van der Waals surface area contributed by atoms with Gasteiger partial charge in [0, 0.05) is 47.5 Å². The van der Waals surface area contributed by atoms with Crippen molar-refractivity contribution >= 4 is 46.1 Å². The number of hydrogen-bond acceptors (Lipinski definition) is 7. The third-order valence-corrected chi connectivity index (χ3v) is 10.7. The van der Waals surface area contributed by atoms with Crippen LogP contribution in [0.15, 0.2) is 63.7 Å². The van der Waals surface area contributed by atoms with Crippen molar-refractivity contribution in [3.8, 4) is 0 Å². The molecular formula is C33H36N4O4S2. The number of ketones is 1. The van der Waals surface area contributed by atoms with E-state index in [9.17, 15) is 14.4 Å². The molecule has 10 heteroatoms. The Morgan fingerprint density at radius 1 is 0.907 bits per heavy atom. The van der Waals surface area contributed by atoms with Gasteiger partial charge < -0.3 is 24.9 Å². The molecule has 2 saturated heterocycles. The van der Waals surface area contributed by atoms with Gasteiger partial charge in [0.1, 0.15) is 11.8 Å². The highest BCUT2D eigenvalue weighted by Gasteiger charge is 2.60. The molecule has 0 spiro atoms. The molecule has 0 bridgehead atoms. The smallest absolute Gasteiger partial charge is 0.323 e. The number of benzene rings is 1. The van der Waals surface area contributed by atoms with Crippen LogP contribution in [0.5, 0.6) is 0 Å². The lowest BCUT2D eigenvalue weighted by Gasteiger charge is -2.36. The minimum absolute atomic E-state index is 0.135. The number of furan rings is 1. The zero-order valence-electron chi connectivity index (χ0n) is 24.8. The van der Waals surface area contributed by atoms with Crippen LogP contribution in [-0.2, 0) is 4.79 Å². The molecule has 0 aliphatic carbocycles. The number of Topliss-reactive ketones (excluding diaryl/α,β-unsaturated/α-hetero) is 1. The van der Waals surface area contributed by atoms with Crippen molar-refractivity contribution in [2.45, 2.75) is 45.7 Å². The topological polar surface area (TPSA) is 94.9 Å². The van der Waals surface area contributed by atoms with Gasteiger partial charge in [0.05, 0.1) is 12.0 Å². The van der Waals surface area contributed by atoms with Gasteiger partial charge in [-0.3, -0.25) is 9.59 Å². The highest BCUT2D eigenvalue weighted by Crippen LogP contribution is 2.54.